The van der Waals surface area contributed by atoms with E-state index in [2.05, 4.69) is 0 Å². The first-order valence-corrected chi connectivity index (χ1v) is 6.37. The summed E-state index contributed by atoms with van der Waals surface area (Å²) in [7, 11) is 0. The average Bonchev–Trinajstić information content (AvgIpc) is 2.41. The molecule has 0 aliphatic carbocycles. The lowest BCUT2D eigenvalue weighted by Gasteiger charge is -2.16. The van der Waals surface area contributed by atoms with Crippen LogP contribution in [0.5, 0.6) is 11.5 Å². The first kappa shape index (κ1) is 15.4. The summed E-state index contributed by atoms with van der Waals surface area (Å²) in [5, 5.41) is 8.97. The molecule has 2 aromatic rings. The first-order valence-electron chi connectivity index (χ1n) is 6.37. The van der Waals surface area contributed by atoms with Gasteiger partial charge < -0.3 is 9.84 Å². The van der Waals surface area contributed by atoms with Gasteiger partial charge in [0, 0.05) is 0 Å². The lowest BCUT2D eigenvalue weighted by Crippen LogP contribution is -2.08. The number of halogens is 3. The highest BCUT2D eigenvalue weighted by Crippen LogP contribution is 2.39. The molecule has 0 bridgehead atoms. The molecule has 2 nitrogen and oxygen atoms in total. The van der Waals surface area contributed by atoms with Gasteiger partial charge >= 0.3 is 6.18 Å². The van der Waals surface area contributed by atoms with E-state index in [0.717, 1.165) is 17.2 Å². The van der Waals surface area contributed by atoms with Crippen molar-refractivity contribution in [2.45, 2.75) is 26.6 Å². The zero-order chi connectivity index (χ0) is 15.6. The number of benzene rings is 2. The largest absolute Gasteiger partial charge is 0.456 e. The van der Waals surface area contributed by atoms with Crippen molar-refractivity contribution >= 4 is 0 Å². The number of hydrogen-bond donors (Lipinski definition) is 1. The van der Waals surface area contributed by atoms with Crippen molar-refractivity contribution in [1.82, 2.24) is 0 Å². The summed E-state index contributed by atoms with van der Waals surface area (Å²) in [6.45, 7) is 3.22. The molecule has 0 heterocycles. The molecular weight excluding hydrogens is 281 g/mol. The van der Waals surface area contributed by atoms with E-state index in [1.807, 2.05) is 13.0 Å². The molecule has 2 rings (SSSR count). The van der Waals surface area contributed by atoms with Gasteiger partial charge in [0.15, 0.2) is 0 Å². The van der Waals surface area contributed by atoms with Crippen LogP contribution in [-0.4, -0.2) is 5.11 Å². The van der Waals surface area contributed by atoms with Crippen LogP contribution in [0.1, 0.15) is 22.3 Å². The molecule has 0 fully saturated rings. The van der Waals surface area contributed by atoms with Gasteiger partial charge in [-0.15, -0.1) is 0 Å². The van der Waals surface area contributed by atoms with Gasteiger partial charge in [0.05, 0.1) is 12.2 Å². The second-order valence-electron chi connectivity index (χ2n) is 4.86. The zero-order valence-electron chi connectivity index (χ0n) is 11.7. The molecule has 0 saturated carbocycles. The number of aryl methyl sites for hydroxylation is 2. The second kappa shape index (κ2) is 5.77. The van der Waals surface area contributed by atoms with E-state index < -0.39 is 18.3 Å². The van der Waals surface area contributed by atoms with Crippen LogP contribution in [-0.2, 0) is 12.8 Å². The molecule has 0 amide bonds. The molecule has 0 unspecified atom stereocenters. The standard InChI is InChI=1S/C16H15F3O2/c1-10-3-5-14(11(2)7-10)21-15-6-4-12(9-20)8-13(15)16(17,18)19/h3-8,20H,9H2,1-2H3. The summed E-state index contributed by atoms with van der Waals surface area (Å²) < 4.78 is 44.6. The third-order valence-corrected chi connectivity index (χ3v) is 3.08. The maximum absolute atomic E-state index is 13.1. The van der Waals surface area contributed by atoms with Crippen molar-refractivity contribution in [1.29, 1.82) is 0 Å². The lowest BCUT2D eigenvalue weighted by molar-refractivity contribution is -0.138. The smallest absolute Gasteiger partial charge is 0.419 e. The fourth-order valence-electron chi connectivity index (χ4n) is 2.02. The maximum atomic E-state index is 13.1. The third-order valence-electron chi connectivity index (χ3n) is 3.08. The Morgan fingerprint density at radius 1 is 1.00 bits per heavy atom. The molecule has 0 aromatic heterocycles. The SMILES string of the molecule is Cc1ccc(Oc2ccc(CO)cc2C(F)(F)F)c(C)c1. The number of rotatable bonds is 3. The molecule has 0 atom stereocenters. The molecule has 0 radical (unpaired) electrons. The van der Waals surface area contributed by atoms with Crippen LogP contribution in [0.3, 0.4) is 0 Å². The van der Waals surface area contributed by atoms with Gasteiger partial charge in [0.25, 0.3) is 0 Å². The van der Waals surface area contributed by atoms with Crippen LogP contribution in [0.25, 0.3) is 0 Å². The number of alkyl halides is 3. The van der Waals surface area contributed by atoms with E-state index in [4.69, 9.17) is 9.84 Å². The molecule has 0 spiro atoms. The molecule has 0 aliphatic rings. The Morgan fingerprint density at radius 3 is 2.24 bits per heavy atom. The highest BCUT2D eigenvalue weighted by molar-refractivity contribution is 5.44. The Kier molecular flexibility index (Phi) is 4.23. The molecule has 21 heavy (non-hydrogen) atoms. The van der Waals surface area contributed by atoms with E-state index >= 15 is 0 Å². The summed E-state index contributed by atoms with van der Waals surface area (Å²) in [5.41, 5.74) is 1.06. The Morgan fingerprint density at radius 2 is 1.67 bits per heavy atom. The van der Waals surface area contributed by atoms with E-state index in [-0.39, 0.29) is 11.3 Å². The monoisotopic (exact) mass is 296 g/mol. The fraction of sp³-hybridized carbons (Fsp3) is 0.250. The van der Waals surface area contributed by atoms with Crippen molar-refractivity contribution in [3.63, 3.8) is 0 Å². The minimum atomic E-state index is -4.54. The molecule has 0 saturated heterocycles. The second-order valence-corrected chi connectivity index (χ2v) is 4.86. The highest BCUT2D eigenvalue weighted by Gasteiger charge is 2.35. The van der Waals surface area contributed by atoms with E-state index in [1.165, 1.54) is 12.1 Å². The number of hydrogen-bond acceptors (Lipinski definition) is 2. The Hall–Kier alpha value is -2.01. The molecular formula is C16H15F3O2. The predicted molar refractivity (Wildman–Crippen MR) is 73.4 cm³/mol. The summed E-state index contributed by atoms with van der Waals surface area (Å²) >= 11 is 0. The quantitative estimate of drug-likeness (QED) is 0.896. The van der Waals surface area contributed by atoms with E-state index in [0.29, 0.717) is 5.75 Å². The summed E-state index contributed by atoms with van der Waals surface area (Å²) in [4.78, 5) is 0. The van der Waals surface area contributed by atoms with Crippen LogP contribution in [0, 0.1) is 13.8 Å². The normalized spacial score (nSPS) is 11.5. The van der Waals surface area contributed by atoms with Crippen LogP contribution >= 0.6 is 0 Å². The van der Waals surface area contributed by atoms with Gasteiger partial charge in [-0.25, -0.2) is 0 Å². The van der Waals surface area contributed by atoms with E-state index in [9.17, 15) is 13.2 Å². The van der Waals surface area contributed by atoms with Gasteiger partial charge in [-0.3, -0.25) is 0 Å². The van der Waals surface area contributed by atoms with E-state index in [1.54, 1.807) is 19.1 Å². The third kappa shape index (κ3) is 3.55. The maximum Gasteiger partial charge on any atom is 0.419 e. The summed E-state index contributed by atoms with van der Waals surface area (Å²) in [6.07, 6.45) is -4.54. The fourth-order valence-corrected chi connectivity index (χ4v) is 2.02. The predicted octanol–water partition coefficient (Wildman–Crippen LogP) is 4.61. The topological polar surface area (TPSA) is 29.5 Å². The Labute approximate surface area is 120 Å². The minimum Gasteiger partial charge on any atom is -0.456 e. The van der Waals surface area contributed by atoms with Gasteiger partial charge in [0.1, 0.15) is 11.5 Å². The average molecular weight is 296 g/mol. The van der Waals surface area contributed by atoms with Crippen molar-refractivity contribution in [3.05, 3.63) is 58.7 Å². The molecule has 2 aromatic carbocycles. The molecule has 112 valence electrons. The lowest BCUT2D eigenvalue weighted by atomic mass is 10.1. The van der Waals surface area contributed by atoms with Crippen molar-refractivity contribution in [3.8, 4) is 11.5 Å². The van der Waals surface area contributed by atoms with Gasteiger partial charge in [-0.2, -0.15) is 13.2 Å². The highest BCUT2D eigenvalue weighted by atomic mass is 19.4. The Bertz CT molecular complexity index is 648. The van der Waals surface area contributed by atoms with Crippen LogP contribution in [0.2, 0.25) is 0 Å². The van der Waals surface area contributed by atoms with Crippen molar-refractivity contribution in [2.75, 3.05) is 0 Å². The van der Waals surface area contributed by atoms with Gasteiger partial charge in [0.2, 0.25) is 0 Å². The molecule has 0 aliphatic heterocycles. The molecule has 5 heteroatoms. The minimum absolute atomic E-state index is 0.190. The summed E-state index contributed by atoms with van der Waals surface area (Å²) in [6, 6.07) is 8.80. The zero-order valence-corrected chi connectivity index (χ0v) is 11.7. The Balaban J connectivity index is 2.44. The molecule has 1 N–H and O–H groups in total. The van der Waals surface area contributed by atoms with Crippen LogP contribution in [0.4, 0.5) is 13.2 Å². The van der Waals surface area contributed by atoms with Gasteiger partial charge in [-0.1, -0.05) is 23.8 Å². The van der Waals surface area contributed by atoms with Crippen LogP contribution < -0.4 is 4.74 Å². The van der Waals surface area contributed by atoms with Crippen molar-refractivity contribution in [2.24, 2.45) is 0 Å². The first-order chi connectivity index (χ1) is 9.81. The van der Waals surface area contributed by atoms with Crippen LogP contribution in [0.15, 0.2) is 36.4 Å². The number of aliphatic hydroxyl groups is 1. The van der Waals surface area contributed by atoms with Gasteiger partial charge in [-0.05, 0) is 43.2 Å². The summed E-state index contributed by atoms with van der Waals surface area (Å²) in [5.74, 6) is 0.106. The van der Waals surface area contributed by atoms with Crippen molar-refractivity contribution < 1.29 is 23.0 Å². The number of ether oxygens (including phenoxy) is 1. The number of aliphatic hydroxyl groups excluding tert-OH is 1.